The van der Waals surface area contributed by atoms with E-state index in [1.165, 1.54) is 11.9 Å². The quantitative estimate of drug-likeness (QED) is 0.773. The van der Waals surface area contributed by atoms with Crippen LogP contribution < -0.4 is 15.5 Å². The van der Waals surface area contributed by atoms with Crippen LogP contribution >= 0.6 is 0 Å². The van der Waals surface area contributed by atoms with Crippen molar-refractivity contribution in [1.82, 2.24) is 10.2 Å². The molecular formula is C20H20N4O4. The Balaban J connectivity index is 1.67. The average molecular weight is 380 g/mol. The summed E-state index contributed by atoms with van der Waals surface area (Å²) in [7, 11) is 1.53. The topological polar surface area (TPSA) is 98.8 Å². The number of carbonyl (C=O) groups excluding carboxylic acids is 4. The highest BCUT2D eigenvalue weighted by Gasteiger charge is 2.43. The molecule has 0 radical (unpaired) electrons. The SMILES string of the molecule is CNC(=O)c1ccc(NC(=O)CN2C(=O)C(C)N(c3ccccc3)C2=O)cc1. The molecule has 28 heavy (non-hydrogen) atoms. The average Bonchev–Trinajstić information content (AvgIpc) is 2.92. The van der Waals surface area contributed by atoms with E-state index in [1.54, 1.807) is 55.5 Å². The Hall–Kier alpha value is -3.68. The van der Waals surface area contributed by atoms with E-state index in [0.717, 1.165) is 4.90 Å². The van der Waals surface area contributed by atoms with Crippen LogP contribution in [0.25, 0.3) is 0 Å². The molecule has 1 heterocycles. The normalized spacial score (nSPS) is 16.3. The van der Waals surface area contributed by atoms with Gasteiger partial charge in [0.25, 0.3) is 11.8 Å². The van der Waals surface area contributed by atoms with Gasteiger partial charge in [0.15, 0.2) is 0 Å². The fraction of sp³-hybridized carbons (Fsp3) is 0.200. The van der Waals surface area contributed by atoms with Crippen LogP contribution in [0.1, 0.15) is 17.3 Å². The molecule has 1 atom stereocenters. The molecule has 1 saturated heterocycles. The zero-order valence-corrected chi connectivity index (χ0v) is 15.5. The van der Waals surface area contributed by atoms with E-state index in [-0.39, 0.29) is 12.5 Å². The minimum atomic E-state index is -0.686. The largest absolute Gasteiger partial charge is 0.355 e. The van der Waals surface area contributed by atoms with Crippen LogP contribution in [0.4, 0.5) is 16.2 Å². The molecule has 0 saturated carbocycles. The van der Waals surface area contributed by atoms with Crippen LogP contribution in [-0.2, 0) is 9.59 Å². The molecular weight excluding hydrogens is 360 g/mol. The van der Waals surface area contributed by atoms with Gasteiger partial charge in [-0.25, -0.2) is 4.79 Å². The van der Waals surface area contributed by atoms with Gasteiger partial charge < -0.3 is 10.6 Å². The molecule has 1 aliphatic heterocycles. The van der Waals surface area contributed by atoms with Crippen LogP contribution in [0.2, 0.25) is 0 Å². The van der Waals surface area contributed by atoms with Crippen molar-refractivity contribution in [2.24, 2.45) is 0 Å². The highest BCUT2D eigenvalue weighted by atomic mass is 16.2. The maximum absolute atomic E-state index is 12.7. The van der Waals surface area contributed by atoms with E-state index in [2.05, 4.69) is 10.6 Å². The van der Waals surface area contributed by atoms with Gasteiger partial charge in [0.1, 0.15) is 12.6 Å². The van der Waals surface area contributed by atoms with Gasteiger partial charge in [-0.2, -0.15) is 0 Å². The van der Waals surface area contributed by atoms with Gasteiger partial charge in [0.05, 0.1) is 0 Å². The van der Waals surface area contributed by atoms with E-state index in [0.29, 0.717) is 16.9 Å². The summed E-state index contributed by atoms with van der Waals surface area (Å²) in [5.41, 5.74) is 1.52. The number of rotatable bonds is 5. The van der Waals surface area contributed by atoms with Crippen LogP contribution in [0.15, 0.2) is 54.6 Å². The number of urea groups is 1. The Morgan fingerprint density at radius 2 is 1.64 bits per heavy atom. The number of anilines is 2. The fourth-order valence-corrected chi connectivity index (χ4v) is 2.99. The molecule has 8 heteroatoms. The van der Waals surface area contributed by atoms with Crippen molar-refractivity contribution < 1.29 is 19.2 Å². The first-order chi connectivity index (χ1) is 13.4. The number of benzene rings is 2. The molecule has 0 aliphatic carbocycles. The second-order valence-electron chi connectivity index (χ2n) is 6.29. The lowest BCUT2D eigenvalue weighted by Crippen LogP contribution is -2.39. The number of imide groups is 1. The van der Waals surface area contributed by atoms with E-state index in [1.807, 2.05) is 6.07 Å². The number of hydrogen-bond acceptors (Lipinski definition) is 4. The lowest BCUT2D eigenvalue weighted by molar-refractivity contribution is -0.130. The lowest BCUT2D eigenvalue weighted by atomic mass is 10.2. The number of carbonyl (C=O) groups is 4. The van der Waals surface area contributed by atoms with Crippen molar-refractivity contribution in [1.29, 1.82) is 0 Å². The maximum atomic E-state index is 12.7. The Bertz CT molecular complexity index is 912. The van der Waals surface area contributed by atoms with E-state index < -0.39 is 23.9 Å². The summed E-state index contributed by atoms with van der Waals surface area (Å²) in [4.78, 5) is 51.3. The zero-order chi connectivity index (χ0) is 20.3. The predicted molar refractivity (Wildman–Crippen MR) is 104 cm³/mol. The molecule has 2 aromatic carbocycles. The van der Waals surface area contributed by atoms with Crippen molar-refractivity contribution in [3.05, 3.63) is 60.2 Å². The highest BCUT2D eigenvalue weighted by Crippen LogP contribution is 2.25. The third-order valence-corrected chi connectivity index (χ3v) is 4.44. The van der Waals surface area contributed by atoms with Gasteiger partial charge in [-0.05, 0) is 43.3 Å². The molecule has 1 fully saturated rings. The molecule has 1 aliphatic rings. The monoisotopic (exact) mass is 380 g/mol. The Kier molecular flexibility index (Phi) is 5.39. The molecule has 0 aromatic heterocycles. The minimum Gasteiger partial charge on any atom is -0.355 e. The summed E-state index contributed by atoms with van der Waals surface area (Å²) in [6.07, 6.45) is 0. The molecule has 2 aromatic rings. The van der Waals surface area contributed by atoms with E-state index in [9.17, 15) is 19.2 Å². The Labute approximate surface area is 162 Å². The number of amides is 5. The third kappa shape index (κ3) is 3.71. The summed E-state index contributed by atoms with van der Waals surface area (Å²) in [5.74, 6) is -1.17. The molecule has 5 amide bonds. The highest BCUT2D eigenvalue weighted by molar-refractivity contribution is 6.16. The Morgan fingerprint density at radius 3 is 2.25 bits per heavy atom. The fourth-order valence-electron chi connectivity index (χ4n) is 2.99. The molecule has 8 nitrogen and oxygen atoms in total. The summed E-state index contributed by atoms with van der Waals surface area (Å²) in [5, 5.41) is 5.14. The van der Waals surface area contributed by atoms with Gasteiger partial charge in [-0.15, -0.1) is 0 Å². The molecule has 144 valence electrons. The van der Waals surface area contributed by atoms with E-state index >= 15 is 0 Å². The van der Waals surface area contributed by atoms with Gasteiger partial charge in [-0.3, -0.25) is 24.2 Å². The van der Waals surface area contributed by atoms with Gasteiger partial charge in [-0.1, -0.05) is 18.2 Å². The summed E-state index contributed by atoms with van der Waals surface area (Å²) in [6.45, 7) is 1.24. The number of nitrogens with zero attached hydrogens (tertiary/aromatic N) is 2. The van der Waals surface area contributed by atoms with Gasteiger partial charge in [0.2, 0.25) is 5.91 Å². The molecule has 2 N–H and O–H groups in total. The minimum absolute atomic E-state index is 0.235. The van der Waals surface area contributed by atoms with Crippen molar-refractivity contribution >= 4 is 35.1 Å². The summed E-state index contributed by atoms with van der Waals surface area (Å²) >= 11 is 0. The maximum Gasteiger partial charge on any atom is 0.332 e. The van der Waals surface area contributed by atoms with Crippen LogP contribution in [0.5, 0.6) is 0 Å². The van der Waals surface area contributed by atoms with Crippen molar-refractivity contribution in [3.63, 3.8) is 0 Å². The van der Waals surface area contributed by atoms with Crippen LogP contribution in [0.3, 0.4) is 0 Å². The first-order valence-electron chi connectivity index (χ1n) is 8.74. The summed E-state index contributed by atoms with van der Waals surface area (Å²) in [6, 6.07) is 13.9. The second kappa shape index (κ2) is 7.91. The van der Waals surface area contributed by atoms with Crippen molar-refractivity contribution in [2.75, 3.05) is 23.8 Å². The first-order valence-corrected chi connectivity index (χ1v) is 8.74. The third-order valence-electron chi connectivity index (χ3n) is 4.44. The molecule has 0 bridgehead atoms. The standard InChI is InChI=1S/C20H20N4O4/c1-13-19(27)23(20(28)24(13)16-6-4-3-5-7-16)12-17(25)22-15-10-8-14(9-11-15)18(26)21-2/h3-11,13H,12H2,1-2H3,(H,21,26)(H,22,25). The first kappa shape index (κ1) is 19.1. The lowest BCUT2D eigenvalue weighted by Gasteiger charge is -2.19. The van der Waals surface area contributed by atoms with Gasteiger partial charge >= 0.3 is 6.03 Å². The number of para-hydroxylation sites is 1. The van der Waals surface area contributed by atoms with Crippen LogP contribution in [0, 0.1) is 0 Å². The van der Waals surface area contributed by atoms with Crippen LogP contribution in [-0.4, -0.2) is 48.3 Å². The van der Waals surface area contributed by atoms with Gasteiger partial charge in [0, 0.05) is 24.0 Å². The molecule has 0 spiro atoms. The number of hydrogen-bond donors (Lipinski definition) is 2. The zero-order valence-electron chi connectivity index (χ0n) is 15.5. The Morgan fingerprint density at radius 1 is 1.00 bits per heavy atom. The molecule has 1 unspecified atom stereocenters. The predicted octanol–water partition coefficient (Wildman–Crippen LogP) is 1.84. The smallest absolute Gasteiger partial charge is 0.332 e. The molecule has 3 rings (SSSR count). The second-order valence-corrected chi connectivity index (χ2v) is 6.29. The van der Waals surface area contributed by atoms with Crippen molar-refractivity contribution in [2.45, 2.75) is 13.0 Å². The summed E-state index contributed by atoms with van der Waals surface area (Å²) < 4.78 is 0. The van der Waals surface area contributed by atoms with E-state index in [4.69, 9.17) is 0 Å². The van der Waals surface area contributed by atoms with Crippen molar-refractivity contribution in [3.8, 4) is 0 Å². The number of nitrogens with one attached hydrogen (secondary N) is 2.